The van der Waals surface area contributed by atoms with Crippen LogP contribution in [0, 0.1) is 11.8 Å². The van der Waals surface area contributed by atoms with E-state index in [1.165, 1.54) is 12.1 Å². The summed E-state index contributed by atoms with van der Waals surface area (Å²) >= 11 is 5.86. The summed E-state index contributed by atoms with van der Waals surface area (Å²) in [6, 6.07) is 14.5. The van der Waals surface area contributed by atoms with Crippen molar-refractivity contribution in [3.8, 4) is 0 Å². The quantitative estimate of drug-likeness (QED) is 0.368. The number of anilines is 2. The number of benzene rings is 2. The van der Waals surface area contributed by atoms with Crippen LogP contribution in [0.5, 0.6) is 0 Å². The third-order valence-electron chi connectivity index (χ3n) is 6.23. The molecule has 0 radical (unpaired) electrons. The second kappa shape index (κ2) is 10.9. The molecule has 1 fully saturated rings. The Morgan fingerprint density at radius 1 is 0.941 bits per heavy atom. The Balaban J connectivity index is 1.28. The number of rotatable bonds is 9. The molecule has 0 atom stereocenters. The molecule has 1 saturated carbocycles. The van der Waals surface area contributed by atoms with Gasteiger partial charge in [-0.25, -0.2) is 18.1 Å². The molecular formula is C25H32ClN5O2S. The highest BCUT2D eigenvalue weighted by atomic mass is 35.5. The van der Waals surface area contributed by atoms with E-state index in [0.717, 1.165) is 48.9 Å². The van der Waals surface area contributed by atoms with Gasteiger partial charge >= 0.3 is 0 Å². The molecule has 7 nitrogen and oxygen atoms in total. The van der Waals surface area contributed by atoms with Crippen molar-refractivity contribution in [3.05, 3.63) is 53.6 Å². The lowest BCUT2D eigenvalue weighted by Crippen LogP contribution is -2.32. The minimum absolute atomic E-state index is 0.247. The van der Waals surface area contributed by atoms with Crippen LogP contribution in [0.15, 0.2) is 53.4 Å². The molecule has 1 heterocycles. The maximum atomic E-state index is 12.5. The zero-order chi connectivity index (χ0) is 24.1. The van der Waals surface area contributed by atoms with E-state index in [4.69, 9.17) is 16.6 Å². The molecule has 9 heteroatoms. The van der Waals surface area contributed by atoms with Crippen LogP contribution in [0.25, 0.3) is 10.9 Å². The third-order valence-corrected chi connectivity index (χ3v) is 7.92. The van der Waals surface area contributed by atoms with E-state index in [0.29, 0.717) is 29.4 Å². The maximum absolute atomic E-state index is 12.5. The van der Waals surface area contributed by atoms with Crippen molar-refractivity contribution >= 4 is 44.3 Å². The Hall–Kier alpha value is -2.42. The average Bonchev–Trinajstić information content (AvgIpc) is 2.82. The molecule has 182 valence electrons. The molecule has 1 aromatic heterocycles. The molecule has 0 amide bonds. The van der Waals surface area contributed by atoms with Crippen molar-refractivity contribution in [2.24, 2.45) is 11.8 Å². The molecule has 3 N–H and O–H groups in total. The minimum Gasteiger partial charge on any atom is -0.367 e. The van der Waals surface area contributed by atoms with Gasteiger partial charge in [0.15, 0.2) is 0 Å². The molecule has 1 aliphatic carbocycles. The van der Waals surface area contributed by atoms with E-state index in [2.05, 4.69) is 34.2 Å². The summed E-state index contributed by atoms with van der Waals surface area (Å²) in [4.78, 5) is 9.65. The first-order chi connectivity index (χ1) is 16.3. The first kappa shape index (κ1) is 24.7. The summed E-state index contributed by atoms with van der Waals surface area (Å²) < 4.78 is 27.8. The summed E-state index contributed by atoms with van der Waals surface area (Å²) in [5, 5.41) is 8.39. The highest BCUT2D eigenvalue weighted by Gasteiger charge is 2.23. The fourth-order valence-corrected chi connectivity index (χ4v) is 5.58. The van der Waals surface area contributed by atoms with Gasteiger partial charge in [0.05, 0.1) is 10.4 Å². The van der Waals surface area contributed by atoms with Crippen LogP contribution in [0.1, 0.15) is 39.5 Å². The van der Waals surface area contributed by atoms with E-state index < -0.39 is 10.0 Å². The largest absolute Gasteiger partial charge is 0.367 e. The molecule has 0 unspecified atom stereocenters. The lowest BCUT2D eigenvalue weighted by molar-refractivity contribution is 0.284. The number of para-hydroxylation sites is 1. The molecule has 34 heavy (non-hydrogen) atoms. The van der Waals surface area contributed by atoms with Gasteiger partial charge in [-0.2, -0.15) is 4.98 Å². The van der Waals surface area contributed by atoms with Crippen LogP contribution in [-0.4, -0.2) is 37.5 Å². The standard InChI is InChI=1S/C25H32ClN5O2S/c1-17(2)29-24-22-5-3-4-6-23(22)30-25(31-24)27-15-18-7-9-19(10-8-18)16-28-34(32,33)21-13-11-20(26)12-14-21/h3-6,11-14,17-19,28H,7-10,15-16H2,1-2H3,(H2,27,29,30,31). The number of fused-ring (bicyclic) bond motifs is 1. The van der Waals surface area contributed by atoms with Crippen molar-refractivity contribution in [1.82, 2.24) is 14.7 Å². The summed E-state index contributed by atoms with van der Waals surface area (Å²) in [5.74, 6) is 2.34. The zero-order valence-electron chi connectivity index (χ0n) is 19.6. The lowest BCUT2D eigenvalue weighted by Gasteiger charge is -2.28. The molecule has 1 aliphatic rings. The van der Waals surface area contributed by atoms with Gasteiger partial charge in [-0.3, -0.25) is 0 Å². The summed E-state index contributed by atoms with van der Waals surface area (Å²) in [6.07, 6.45) is 4.08. The molecule has 0 aliphatic heterocycles. The first-order valence-corrected chi connectivity index (χ1v) is 13.7. The Kier molecular flexibility index (Phi) is 7.91. The van der Waals surface area contributed by atoms with Gasteiger partial charge in [-0.1, -0.05) is 23.7 Å². The van der Waals surface area contributed by atoms with Crippen molar-refractivity contribution < 1.29 is 8.42 Å². The van der Waals surface area contributed by atoms with E-state index >= 15 is 0 Å². The fourth-order valence-electron chi connectivity index (χ4n) is 4.34. The van der Waals surface area contributed by atoms with Gasteiger partial charge in [0.25, 0.3) is 0 Å². The number of nitrogens with one attached hydrogen (secondary N) is 3. The fraction of sp³-hybridized carbons (Fsp3) is 0.440. The SMILES string of the molecule is CC(C)Nc1nc(NCC2CCC(CNS(=O)(=O)c3ccc(Cl)cc3)CC2)nc2ccccc12. The average molecular weight is 502 g/mol. The van der Waals surface area contributed by atoms with Crippen LogP contribution in [-0.2, 0) is 10.0 Å². The Labute approximate surface area is 206 Å². The second-order valence-electron chi connectivity index (χ2n) is 9.29. The smallest absolute Gasteiger partial charge is 0.240 e. The van der Waals surface area contributed by atoms with Gasteiger partial charge in [0.2, 0.25) is 16.0 Å². The first-order valence-electron chi connectivity index (χ1n) is 11.8. The number of hydrogen-bond donors (Lipinski definition) is 3. The van der Waals surface area contributed by atoms with E-state index in [-0.39, 0.29) is 10.9 Å². The Bertz CT molecular complexity index is 1210. The molecule has 0 spiro atoms. The molecular weight excluding hydrogens is 470 g/mol. The Morgan fingerprint density at radius 2 is 1.59 bits per heavy atom. The van der Waals surface area contributed by atoms with Gasteiger partial charge in [-0.15, -0.1) is 0 Å². The van der Waals surface area contributed by atoms with Crippen molar-refractivity contribution in [2.45, 2.75) is 50.5 Å². The van der Waals surface area contributed by atoms with Crippen LogP contribution in [0.2, 0.25) is 5.02 Å². The van der Waals surface area contributed by atoms with Crippen LogP contribution >= 0.6 is 11.6 Å². The summed E-state index contributed by atoms with van der Waals surface area (Å²) in [7, 11) is -3.51. The van der Waals surface area contributed by atoms with E-state index in [1.54, 1.807) is 12.1 Å². The molecule has 0 bridgehead atoms. The topological polar surface area (TPSA) is 96.0 Å². The summed E-state index contributed by atoms with van der Waals surface area (Å²) in [6.45, 7) is 5.46. The molecule has 0 saturated heterocycles. The van der Waals surface area contributed by atoms with Crippen molar-refractivity contribution in [2.75, 3.05) is 23.7 Å². The minimum atomic E-state index is -3.51. The second-order valence-corrected chi connectivity index (χ2v) is 11.5. The van der Waals surface area contributed by atoms with Gasteiger partial charge in [0.1, 0.15) is 5.82 Å². The molecule has 3 aromatic rings. The monoisotopic (exact) mass is 501 g/mol. The lowest BCUT2D eigenvalue weighted by atomic mass is 9.82. The predicted octanol–water partition coefficient (Wildman–Crippen LogP) is 5.30. The van der Waals surface area contributed by atoms with E-state index in [9.17, 15) is 8.42 Å². The number of hydrogen-bond acceptors (Lipinski definition) is 6. The molecule has 2 aromatic carbocycles. The van der Waals surface area contributed by atoms with Gasteiger partial charge in [-0.05, 0) is 87.8 Å². The number of halogens is 1. The highest BCUT2D eigenvalue weighted by molar-refractivity contribution is 7.89. The van der Waals surface area contributed by atoms with Gasteiger partial charge in [0, 0.05) is 29.5 Å². The van der Waals surface area contributed by atoms with Crippen molar-refractivity contribution in [1.29, 1.82) is 0 Å². The number of aromatic nitrogens is 2. The maximum Gasteiger partial charge on any atom is 0.240 e. The number of sulfonamides is 1. The highest BCUT2D eigenvalue weighted by Crippen LogP contribution is 2.29. The van der Waals surface area contributed by atoms with E-state index in [1.807, 2.05) is 24.3 Å². The Morgan fingerprint density at radius 3 is 2.26 bits per heavy atom. The van der Waals surface area contributed by atoms with Crippen LogP contribution in [0.4, 0.5) is 11.8 Å². The normalized spacial score (nSPS) is 18.8. The van der Waals surface area contributed by atoms with Crippen LogP contribution in [0.3, 0.4) is 0 Å². The van der Waals surface area contributed by atoms with Crippen LogP contribution < -0.4 is 15.4 Å². The van der Waals surface area contributed by atoms with Crippen molar-refractivity contribution in [3.63, 3.8) is 0 Å². The van der Waals surface area contributed by atoms with Gasteiger partial charge < -0.3 is 10.6 Å². The summed E-state index contributed by atoms with van der Waals surface area (Å²) in [5.41, 5.74) is 0.917. The number of nitrogens with zero attached hydrogens (tertiary/aromatic N) is 2. The molecule has 4 rings (SSSR count). The third kappa shape index (κ3) is 6.37. The predicted molar refractivity (Wildman–Crippen MR) is 139 cm³/mol. The zero-order valence-corrected chi connectivity index (χ0v) is 21.2.